The van der Waals surface area contributed by atoms with E-state index in [0.29, 0.717) is 11.6 Å². The summed E-state index contributed by atoms with van der Waals surface area (Å²) in [5.41, 5.74) is 5.49. The summed E-state index contributed by atoms with van der Waals surface area (Å²) in [6.07, 6.45) is 0. The molecule has 0 aliphatic heterocycles. The molecule has 1 rings (SSSR count). The second-order valence-electron chi connectivity index (χ2n) is 3.85. The standard InChI is InChI=1S/C10H13ClINO/c1-10(2,13)6-14-9-4-3-7(11)5-8(9)12/h3-5H,6,13H2,1-2H3. The maximum absolute atomic E-state index is 5.82. The molecule has 0 aromatic heterocycles. The Balaban J connectivity index is 2.68. The van der Waals surface area contributed by atoms with E-state index in [4.69, 9.17) is 22.1 Å². The summed E-state index contributed by atoms with van der Waals surface area (Å²) in [6, 6.07) is 5.53. The van der Waals surface area contributed by atoms with E-state index >= 15 is 0 Å². The van der Waals surface area contributed by atoms with Crippen LogP contribution in [0.25, 0.3) is 0 Å². The molecule has 2 nitrogen and oxygen atoms in total. The summed E-state index contributed by atoms with van der Waals surface area (Å²) in [4.78, 5) is 0. The van der Waals surface area contributed by atoms with Crippen molar-refractivity contribution in [3.8, 4) is 5.75 Å². The SMILES string of the molecule is CC(C)(N)COc1ccc(Cl)cc1I. The average Bonchev–Trinajstić information content (AvgIpc) is 2.00. The molecule has 0 unspecified atom stereocenters. The molecule has 0 aliphatic carbocycles. The molecule has 2 N–H and O–H groups in total. The van der Waals surface area contributed by atoms with E-state index in [-0.39, 0.29) is 5.54 Å². The minimum absolute atomic E-state index is 0.317. The van der Waals surface area contributed by atoms with E-state index in [1.165, 1.54) is 0 Å². The van der Waals surface area contributed by atoms with Gasteiger partial charge in [0.2, 0.25) is 0 Å². The Morgan fingerprint density at radius 1 is 1.50 bits per heavy atom. The Morgan fingerprint density at radius 3 is 2.64 bits per heavy atom. The molecule has 0 saturated heterocycles. The Kier molecular flexibility index (Phi) is 4.04. The third-order valence-corrected chi connectivity index (χ3v) is 2.57. The van der Waals surface area contributed by atoms with Gasteiger partial charge in [0.25, 0.3) is 0 Å². The van der Waals surface area contributed by atoms with Gasteiger partial charge in [-0.05, 0) is 54.6 Å². The van der Waals surface area contributed by atoms with Gasteiger partial charge in [0, 0.05) is 10.6 Å². The lowest BCUT2D eigenvalue weighted by Gasteiger charge is -2.19. The first-order chi connectivity index (χ1) is 6.38. The van der Waals surface area contributed by atoms with Crippen molar-refractivity contribution >= 4 is 34.2 Å². The summed E-state index contributed by atoms with van der Waals surface area (Å²) in [6.45, 7) is 4.34. The number of ether oxygens (including phenoxy) is 1. The summed E-state index contributed by atoms with van der Waals surface area (Å²) in [7, 11) is 0. The third kappa shape index (κ3) is 4.02. The van der Waals surface area contributed by atoms with Crippen LogP contribution in [-0.4, -0.2) is 12.1 Å². The predicted octanol–water partition coefficient (Wildman–Crippen LogP) is 3.06. The van der Waals surface area contributed by atoms with Crippen molar-refractivity contribution in [2.24, 2.45) is 5.73 Å². The molecule has 14 heavy (non-hydrogen) atoms. The first-order valence-electron chi connectivity index (χ1n) is 4.25. The third-order valence-electron chi connectivity index (χ3n) is 1.49. The van der Waals surface area contributed by atoms with E-state index in [9.17, 15) is 0 Å². The van der Waals surface area contributed by atoms with Crippen molar-refractivity contribution in [3.63, 3.8) is 0 Å². The lowest BCUT2D eigenvalue weighted by Crippen LogP contribution is -2.38. The largest absolute Gasteiger partial charge is 0.491 e. The Bertz CT molecular complexity index is 322. The molecule has 0 spiro atoms. The highest BCUT2D eigenvalue weighted by atomic mass is 127. The highest BCUT2D eigenvalue weighted by Gasteiger charge is 2.12. The first kappa shape index (κ1) is 12.1. The quantitative estimate of drug-likeness (QED) is 0.867. The van der Waals surface area contributed by atoms with Crippen LogP contribution in [0.3, 0.4) is 0 Å². The van der Waals surface area contributed by atoms with Gasteiger partial charge in [0.05, 0.1) is 3.57 Å². The van der Waals surface area contributed by atoms with Gasteiger partial charge >= 0.3 is 0 Å². The van der Waals surface area contributed by atoms with Gasteiger partial charge in [-0.1, -0.05) is 11.6 Å². The molecule has 0 bridgehead atoms. The highest BCUT2D eigenvalue weighted by Crippen LogP contribution is 2.24. The fourth-order valence-corrected chi connectivity index (χ4v) is 1.88. The second kappa shape index (κ2) is 4.68. The average molecular weight is 326 g/mol. The zero-order valence-corrected chi connectivity index (χ0v) is 11.1. The van der Waals surface area contributed by atoms with Crippen molar-refractivity contribution < 1.29 is 4.74 Å². The number of hydrogen-bond acceptors (Lipinski definition) is 2. The molecule has 1 aromatic rings. The van der Waals surface area contributed by atoms with Gasteiger partial charge in [-0.15, -0.1) is 0 Å². The number of rotatable bonds is 3. The van der Waals surface area contributed by atoms with Crippen LogP contribution in [0.1, 0.15) is 13.8 Å². The van der Waals surface area contributed by atoms with Gasteiger partial charge in [-0.2, -0.15) is 0 Å². The fourth-order valence-electron chi connectivity index (χ4n) is 0.856. The number of benzene rings is 1. The minimum atomic E-state index is -0.317. The van der Waals surface area contributed by atoms with Crippen LogP contribution in [0.2, 0.25) is 5.02 Å². The first-order valence-corrected chi connectivity index (χ1v) is 5.71. The molecule has 0 radical (unpaired) electrons. The van der Waals surface area contributed by atoms with Gasteiger partial charge in [-0.25, -0.2) is 0 Å². The van der Waals surface area contributed by atoms with E-state index in [0.717, 1.165) is 9.32 Å². The van der Waals surface area contributed by atoms with E-state index in [1.807, 2.05) is 32.0 Å². The van der Waals surface area contributed by atoms with Crippen LogP contribution in [0.15, 0.2) is 18.2 Å². The van der Waals surface area contributed by atoms with Crippen LogP contribution in [0.4, 0.5) is 0 Å². The van der Waals surface area contributed by atoms with Crippen molar-refractivity contribution in [3.05, 3.63) is 26.8 Å². The molecule has 0 aliphatic rings. The minimum Gasteiger partial charge on any atom is -0.491 e. The molecule has 0 fully saturated rings. The van der Waals surface area contributed by atoms with Gasteiger partial charge in [0.15, 0.2) is 0 Å². The maximum Gasteiger partial charge on any atom is 0.132 e. The number of halogens is 2. The van der Waals surface area contributed by atoms with E-state index < -0.39 is 0 Å². The summed E-state index contributed by atoms with van der Waals surface area (Å²) in [5.74, 6) is 0.827. The van der Waals surface area contributed by atoms with Crippen LogP contribution in [-0.2, 0) is 0 Å². The molecular formula is C10H13ClINO. The Labute approximate surface area is 103 Å². The molecule has 0 atom stereocenters. The summed E-state index contributed by atoms with van der Waals surface area (Å²) >= 11 is 8.01. The lowest BCUT2D eigenvalue weighted by atomic mass is 10.1. The second-order valence-corrected chi connectivity index (χ2v) is 5.45. The smallest absolute Gasteiger partial charge is 0.132 e. The highest BCUT2D eigenvalue weighted by molar-refractivity contribution is 14.1. The van der Waals surface area contributed by atoms with Gasteiger partial charge in [0.1, 0.15) is 12.4 Å². The van der Waals surface area contributed by atoms with E-state index in [2.05, 4.69) is 22.6 Å². The molecule has 0 amide bonds. The monoisotopic (exact) mass is 325 g/mol. The Morgan fingerprint density at radius 2 is 2.14 bits per heavy atom. The van der Waals surface area contributed by atoms with Crippen molar-refractivity contribution in [2.75, 3.05) is 6.61 Å². The molecule has 78 valence electrons. The van der Waals surface area contributed by atoms with Crippen LogP contribution in [0, 0.1) is 3.57 Å². The van der Waals surface area contributed by atoms with Gasteiger partial charge < -0.3 is 10.5 Å². The topological polar surface area (TPSA) is 35.2 Å². The summed E-state index contributed by atoms with van der Waals surface area (Å²) < 4.78 is 6.56. The summed E-state index contributed by atoms with van der Waals surface area (Å²) in [5, 5.41) is 0.716. The Hall–Kier alpha value is -0.000000000000000111. The molecular weight excluding hydrogens is 312 g/mol. The zero-order chi connectivity index (χ0) is 10.8. The van der Waals surface area contributed by atoms with Crippen molar-refractivity contribution in [2.45, 2.75) is 19.4 Å². The number of hydrogen-bond donors (Lipinski definition) is 1. The van der Waals surface area contributed by atoms with Crippen LogP contribution >= 0.6 is 34.2 Å². The zero-order valence-electron chi connectivity index (χ0n) is 8.18. The molecule has 4 heteroatoms. The van der Waals surface area contributed by atoms with Crippen LogP contribution < -0.4 is 10.5 Å². The van der Waals surface area contributed by atoms with Crippen molar-refractivity contribution in [1.29, 1.82) is 0 Å². The molecule has 1 aromatic carbocycles. The molecule has 0 heterocycles. The maximum atomic E-state index is 5.82. The predicted molar refractivity (Wildman–Crippen MR) is 67.9 cm³/mol. The van der Waals surface area contributed by atoms with Crippen LogP contribution in [0.5, 0.6) is 5.75 Å². The lowest BCUT2D eigenvalue weighted by molar-refractivity contribution is 0.242. The molecule has 0 saturated carbocycles. The number of nitrogens with two attached hydrogens (primary N) is 1. The normalized spacial score (nSPS) is 11.5. The van der Waals surface area contributed by atoms with E-state index in [1.54, 1.807) is 0 Å². The fraction of sp³-hybridized carbons (Fsp3) is 0.400. The van der Waals surface area contributed by atoms with Gasteiger partial charge in [-0.3, -0.25) is 0 Å². The van der Waals surface area contributed by atoms with Crippen molar-refractivity contribution in [1.82, 2.24) is 0 Å².